The van der Waals surface area contributed by atoms with Gasteiger partial charge in [0, 0.05) is 19.1 Å². The molecule has 0 radical (unpaired) electrons. The van der Waals surface area contributed by atoms with Crippen molar-refractivity contribution in [3.63, 3.8) is 0 Å². The molecule has 6 nitrogen and oxygen atoms in total. The zero-order valence-electron chi connectivity index (χ0n) is 24.3. The van der Waals surface area contributed by atoms with Crippen molar-refractivity contribution in [1.29, 1.82) is 0 Å². The van der Waals surface area contributed by atoms with Crippen LogP contribution in [-0.2, 0) is 25.6 Å². The van der Waals surface area contributed by atoms with Crippen LogP contribution in [0.2, 0.25) is 18.1 Å². The average molecular weight is 630 g/mol. The summed E-state index contributed by atoms with van der Waals surface area (Å²) in [5.41, 5.74) is 1.70. The van der Waals surface area contributed by atoms with Crippen LogP contribution >= 0.6 is 15.9 Å². The Morgan fingerprint density at radius 3 is 2.45 bits per heavy atom. The summed E-state index contributed by atoms with van der Waals surface area (Å²) in [5.74, 6) is 2.47. The van der Waals surface area contributed by atoms with E-state index < -0.39 is 26.5 Å². The molecule has 0 saturated carbocycles. The Hall–Kier alpha value is -2.67. The number of halogens is 1. The van der Waals surface area contributed by atoms with Crippen molar-refractivity contribution in [3.05, 3.63) is 88.4 Å². The lowest BCUT2D eigenvalue weighted by atomic mass is 10.1. The zero-order valence-corrected chi connectivity index (χ0v) is 26.9. The van der Waals surface area contributed by atoms with Gasteiger partial charge in [-0.15, -0.1) is 6.42 Å². The molecule has 0 heterocycles. The van der Waals surface area contributed by atoms with Crippen molar-refractivity contribution >= 4 is 30.2 Å². The van der Waals surface area contributed by atoms with E-state index >= 15 is 0 Å². The van der Waals surface area contributed by atoms with Crippen LogP contribution in [0.15, 0.2) is 71.7 Å². The van der Waals surface area contributed by atoms with Gasteiger partial charge < -0.3 is 23.4 Å². The quantitative estimate of drug-likeness (QED) is 0.0504. The first-order chi connectivity index (χ1) is 19.0. The number of terminal acetylenes is 1. The predicted molar refractivity (Wildman–Crippen MR) is 166 cm³/mol. The Labute approximate surface area is 249 Å². The number of carbonyl (C=O) groups is 1. The largest absolute Gasteiger partial charge is 0.543 e. The van der Waals surface area contributed by atoms with E-state index in [4.69, 9.17) is 29.8 Å². The molecule has 0 aliphatic carbocycles. The number of hydrogen-bond acceptors (Lipinski definition) is 6. The highest BCUT2D eigenvalue weighted by Gasteiger charge is 2.40. The van der Waals surface area contributed by atoms with Crippen LogP contribution < -0.4 is 4.43 Å². The smallest absolute Gasteiger partial charge is 0.343 e. The summed E-state index contributed by atoms with van der Waals surface area (Å²) in [6, 6.07) is 15.2. The van der Waals surface area contributed by atoms with Crippen LogP contribution in [0.1, 0.15) is 48.7 Å². The van der Waals surface area contributed by atoms with Crippen LogP contribution in [0.3, 0.4) is 0 Å². The molecular weight excluding hydrogens is 588 g/mol. The van der Waals surface area contributed by atoms with Crippen molar-refractivity contribution in [2.24, 2.45) is 0 Å². The van der Waals surface area contributed by atoms with E-state index in [1.165, 1.54) is 7.11 Å². The molecular formula is C32H41BrO6Si. The molecule has 0 aliphatic heterocycles. The predicted octanol–water partition coefficient (Wildman–Crippen LogP) is 7.64. The molecule has 2 rings (SSSR count). The van der Waals surface area contributed by atoms with Gasteiger partial charge in [0.05, 0.1) is 13.2 Å². The lowest BCUT2D eigenvalue weighted by Gasteiger charge is -2.37. The van der Waals surface area contributed by atoms with E-state index in [9.17, 15) is 4.79 Å². The van der Waals surface area contributed by atoms with Crippen LogP contribution in [0.4, 0.5) is 0 Å². The minimum Gasteiger partial charge on any atom is -0.543 e. The monoisotopic (exact) mass is 628 g/mol. The van der Waals surface area contributed by atoms with Crippen LogP contribution in [0.25, 0.3) is 0 Å². The fraction of sp³-hybridized carbons (Fsp3) is 0.406. The number of hydrogen-bond donors (Lipinski definition) is 0. The third kappa shape index (κ3) is 10.4. The van der Waals surface area contributed by atoms with E-state index in [0.717, 1.165) is 5.56 Å². The van der Waals surface area contributed by atoms with Gasteiger partial charge in [0.15, 0.2) is 0 Å². The number of ether oxygens (including phenoxy) is 4. The molecule has 2 aromatic carbocycles. The summed E-state index contributed by atoms with van der Waals surface area (Å²) in [6.07, 6.45) is 10.3. The van der Waals surface area contributed by atoms with Gasteiger partial charge in [0.25, 0.3) is 8.32 Å². The van der Waals surface area contributed by atoms with Crippen LogP contribution in [-0.4, -0.2) is 47.0 Å². The van der Waals surface area contributed by atoms with Gasteiger partial charge in [-0.3, -0.25) is 0 Å². The van der Waals surface area contributed by atoms with Crippen molar-refractivity contribution in [2.75, 3.05) is 20.5 Å². The standard InChI is InChI=1S/C32H41BrO6Si/c1-8-26-17-14-19-29(39-40(6,7)32(2,3)4)30(26)31(34)38-28(27(37-24-35-5)18-12-13-21-33)20-22-36-23-25-15-10-9-11-16-25/h1,9-19,21,27-28H,20,22-24H2,2-7H3/b18-12-,21-13-/t27-,28-/m0/s1. The summed E-state index contributed by atoms with van der Waals surface area (Å²) in [7, 11) is -0.740. The lowest BCUT2D eigenvalue weighted by Crippen LogP contribution is -2.44. The van der Waals surface area contributed by atoms with E-state index in [2.05, 4.69) is 55.7 Å². The highest BCUT2D eigenvalue weighted by Crippen LogP contribution is 2.39. The van der Waals surface area contributed by atoms with Gasteiger partial charge in [0.1, 0.15) is 30.3 Å². The van der Waals surface area contributed by atoms with Crippen molar-refractivity contribution in [1.82, 2.24) is 0 Å². The number of rotatable bonds is 15. The fourth-order valence-electron chi connectivity index (χ4n) is 3.47. The van der Waals surface area contributed by atoms with Gasteiger partial charge in [-0.2, -0.15) is 0 Å². The van der Waals surface area contributed by atoms with Crippen molar-refractivity contribution in [2.45, 2.75) is 64.1 Å². The topological polar surface area (TPSA) is 63.2 Å². The number of allylic oxidation sites excluding steroid dienone is 2. The molecule has 0 bridgehead atoms. The second-order valence-electron chi connectivity index (χ2n) is 10.7. The number of carbonyl (C=O) groups excluding carboxylic acids is 1. The summed E-state index contributed by atoms with van der Waals surface area (Å²) in [4.78, 5) is 15.5. The van der Waals surface area contributed by atoms with E-state index in [-0.39, 0.29) is 17.4 Å². The number of methoxy groups -OCH3 is 1. The van der Waals surface area contributed by atoms with Gasteiger partial charge in [-0.05, 0) is 40.8 Å². The highest BCUT2D eigenvalue weighted by atomic mass is 79.9. The third-order valence-electron chi connectivity index (χ3n) is 6.70. The summed E-state index contributed by atoms with van der Waals surface area (Å²) in [6.45, 7) is 11.5. The molecule has 0 aromatic heterocycles. The maximum absolute atomic E-state index is 13.8. The minimum atomic E-state index is -2.28. The first-order valence-electron chi connectivity index (χ1n) is 13.2. The third-order valence-corrected chi connectivity index (χ3v) is 11.4. The molecule has 40 heavy (non-hydrogen) atoms. The molecule has 0 aliphatic rings. The SMILES string of the molecule is C#Cc1cccc(O[Si](C)(C)C(C)(C)C)c1C(=O)O[C@@H](CCOCc1ccccc1)[C@H](/C=C\C=C/Br)OCOC. The lowest BCUT2D eigenvalue weighted by molar-refractivity contribution is -0.103. The number of benzene rings is 2. The molecule has 0 fully saturated rings. The molecule has 2 aromatic rings. The van der Waals surface area contributed by atoms with E-state index in [1.54, 1.807) is 29.3 Å². The first-order valence-corrected chi connectivity index (χ1v) is 17.0. The van der Waals surface area contributed by atoms with Gasteiger partial charge >= 0.3 is 5.97 Å². The molecule has 8 heteroatoms. The summed E-state index contributed by atoms with van der Waals surface area (Å²) >= 11 is 3.26. The van der Waals surface area contributed by atoms with E-state index in [0.29, 0.717) is 30.9 Å². The molecule has 2 atom stereocenters. The second-order valence-corrected chi connectivity index (χ2v) is 16.0. The molecule has 0 spiro atoms. The molecule has 0 unspecified atom stereocenters. The Balaban J connectivity index is 2.36. The van der Waals surface area contributed by atoms with Gasteiger partial charge in [-0.1, -0.05) is 97.2 Å². The summed E-state index contributed by atoms with van der Waals surface area (Å²) in [5, 5.41) is -0.0776. The summed E-state index contributed by atoms with van der Waals surface area (Å²) < 4.78 is 29.6. The Bertz CT molecular complexity index is 1160. The van der Waals surface area contributed by atoms with E-state index in [1.807, 2.05) is 42.5 Å². The first kappa shape index (κ1) is 33.5. The van der Waals surface area contributed by atoms with Crippen LogP contribution in [0.5, 0.6) is 5.75 Å². The zero-order chi connectivity index (χ0) is 29.6. The number of esters is 1. The Kier molecular flexibility index (Phi) is 13.9. The average Bonchev–Trinajstić information content (AvgIpc) is 2.92. The van der Waals surface area contributed by atoms with Crippen LogP contribution in [0, 0.1) is 12.3 Å². The minimum absolute atomic E-state index is 0.0205. The highest BCUT2D eigenvalue weighted by molar-refractivity contribution is 9.11. The van der Waals surface area contributed by atoms with Gasteiger partial charge in [-0.25, -0.2) is 4.79 Å². The maximum atomic E-state index is 13.8. The van der Waals surface area contributed by atoms with Crippen molar-refractivity contribution in [3.8, 4) is 18.1 Å². The Morgan fingerprint density at radius 1 is 1.10 bits per heavy atom. The molecule has 0 saturated heterocycles. The molecule has 0 N–H and O–H groups in total. The fourth-order valence-corrected chi connectivity index (χ4v) is 4.68. The van der Waals surface area contributed by atoms with Gasteiger partial charge in [0.2, 0.25) is 0 Å². The second kappa shape index (κ2) is 16.6. The normalized spacial score (nSPS) is 13.8. The van der Waals surface area contributed by atoms with Crippen molar-refractivity contribution < 1.29 is 28.2 Å². The Morgan fingerprint density at radius 2 is 1.82 bits per heavy atom. The molecule has 0 amide bonds. The molecule has 216 valence electrons. The maximum Gasteiger partial charge on any atom is 0.343 e.